The first-order chi connectivity index (χ1) is 2.89. The summed E-state index contributed by atoms with van der Waals surface area (Å²) in [5, 5.41) is 0. The van der Waals surface area contributed by atoms with Gasteiger partial charge in [0.1, 0.15) is 0 Å². The molecule has 1 aliphatic carbocycles. The van der Waals surface area contributed by atoms with Gasteiger partial charge in [-0.1, -0.05) is 0 Å². The molecule has 1 rings (SSSR count). The van der Waals surface area contributed by atoms with E-state index in [0.717, 1.165) is 0 Å². The Bertz CT molecular complexity index is 112. The zero-order valence-electron chi connectivity index (χ0n) is 5.85. The van der Waals surface area contributed by atoms with E-state index in [4.69, 9.17) is 0 Å². The van der Waals surface area contributed by atoms with Gasteiger partial charge >= 0.3 is 52.6 Å². The predicted octanol–water partition coefficient (Wildman–Crippen LogP) is 2.02. The number of hydrogen-bond acceptors (Lipinski definition) is 0. The fourth-order valence-corrected chi connectivity index (χ4v) is 0.973. The second-order valence-electron chi connectivity index (χ2n) is 1.32. The summed E-state index contributed by atoms with van der Waals surface area (Å²) in [5.41, 5.74) is 0. The summed E-state index contributed by atoms with van der Waals surface area (Å²) >= 11 is 1.56. The van der Waals surface area contributed by atoms with Crippen LogP contribution >= 0.6 is 12.4 Å². The molecule has 0 atom stereocenters. The van der Waals surface area contributed by atoms with E-state index in [2.05, 4.69) is 18.2 Å². The Balaban J connectivity index is -0.000000120. The van der Waals surface area contributed by atoms with Crippen molar-refractivity contribution in [1.29, 1.82) is 0 Å². The van der Waals surface area contributed by atoms with Gasteiger partial charge in [0.25, 0.3) is 0 Å². The van der Waals surface area contributed by atoms with E-state index in [1.807, 2.05) is 0 Å². The van der Waals surface area contributed by atoms with Crippen LogP contribution in [0.5, 0.6) is 0 Å². The molecular weight excluding hydrogens is 187 g/mol. The Kier molecular flexibility index (Phi) is 3.97. The van der Waals surface area contributed by atoms with Crippen molar-refractivity contribution in [1.82, 2.24) is 0 Å². The van der Waals surface area contributed by atoms with Crippen LogP contribution in [0.4, 0.5) is 0 Å². The molecule has 41 valence electrons. The van der Waals surface area contributed by atoms with Crippen molar-refractivity contribution in [3.63, 3.8) is 0 Å². The van der Waals surface area contributed by atoms with Gasteiger partial charge in [-0.05, 0) is 0 Å². The number of hydrogen-bond donors (Lipinski definition) is 0. The van der Waals surface area contributed by atoms with Crippen LogP contribution in [0.1, 0.15) is 9.27 Å². The fraction of sp³-hybridized carbons (Fsp3) is 0.200. The first kappa shape index (κ1) is 7.65. The molecule has 0 saturated heterocycles. The van der Waals surface area contributed by atoms with E-state index in [9.17, 15) is 0 Å². The molecule has 0 heterocycles. The van der Waals surface area contributed by atoms with Crippen molar-refractivity contribution in [2.45, 2.75) is 6.42 Å². The standard InChI is InChI=1S/C5H5.ClH.Zr.2H/c1-2-4-5-3-1;;;;/h1-3H,4H2;1H;;;/q;;;2*-1. The normalized spacial score (nSPS) is 15.6. The maximum absolute atomic E-state index is 2.18. The van der Waals surface area contributed by atoms with Crippen LogP contribution in [0.25, 0.3) is 0 Å². The molecule has 0 nitrogen and oxygen atoms in total. The number of rotatable bonds is 0. The minimum atomic E-state index is 0. The second-order valence-corrected chi connectivity index (χ2v) is 2.90. The summed E-state index contributed by atoms with van der Waals surface area (Å²) in [7, 11) is 0. The first-order valence-corrected chi connectivity index (χ1v) is 3.20. The second kappa shape index (κ2) is 3.63. The molecule has 1 aliphatic rings. The van der Waals surface area contributed by atoms with E-state index in [0.29, 0.717) is 0 Å². The molecule has 0 bridgehead atoms. The minimum absolute atomic E-state index is 0. The van der Waals surface area contributed by atoms with E-state index in [-0.39, 0.29) is 15.3 Å². The van der Waals surface area contributed by atoms with Crippen molar-refractivity contribution in [3.05, 3.63) is 21.5 Å². The Morgan fingerprint density at radius 1 is 1.71 bits per heavy atom. The van der Waals surface area contributed by atoms with Crippen molar-refractivity contribution in [2.24, 2.45) is 0 Å². The third-order valence-electron chi connectivity index (χ3n) is 0.771. The quantitative estimate of drug-likeness (QED) is 0.554. The fourth-order valence-electron chi connectivity index (χ4n) is 0.447. The summed E-state index contributed by atoms with van der Waals surface area (Å²) in [5.74, 6) is 0. The van der Waals surface area contributed by atoms with Crippen molar-refractivity contribution < 1.29 is 27.6 Å². The molecule has 0 N–H and O–H groups in total. The molecule has 2 heteroatoms. The Morgan fingerprint density at radius 3 is 2.57 bits per heavy atom. The van der Waals surface area contributed by atoms with Crippen molar-refractivity contribution in [3.8, 4) is 0 Å². The van der Waals surface area contributed by atoms with Gasteiger partial charge < -0.3 is 2.85 Å². The molecule has 0 radical (unpaired) electrons. The molecule has 7 heavy (non-hydrogen) atoms. The Labute approximate surface area is 67.9 Å². The zero-order chi connectivity index (χ0) is 4.41. The van der Waals surface area contributed by atoms with Crippen molar-refractivity contribution >= 4 is 12.4 Å². The summed E-state index contributed by atoms with van der Waals surface area (Å²) in [6, 6.07) is 0. The molecule has 0 saturated carbocycles. The van der Waals surface area contributed by atoms with E-state index < -0.39 is 0 Å². The van der Waals surface area contributed by atoms with Crippen LogP contribution in [-0.4, -0.2) is 0 Å². The number of halogens is 1. The van der Waals surface area contributed by atoms with Gasteiger partial charge in [-0.25, -0.2) is 0 Å². The van der Waals surface area contributed by atoms with Gasteiger partial charge in [0.05, 0.1) is 0 Å². The van der Waals surface area contributed by atoms with Crippen LogP contribution in [0, 0.1) is 0 Å². The van der Waals surface area contributed by atoms with E-state index in [1.165, 1.54) is 6.42 Å². The van der Waals surface area contributed by atoms with Crippen molar-refractivity contribution in [2.75, 3.05) is 0 Å². The molecule has 0 aliphatic heterocycles. The summed E-state index contributed by atoms with van der Waals surface area (Å²) in [4.78, 5) is 0. The SMILES string of the molecule is Cl.[H-].[H-].[Zr][C]1=CC=CC1. The Morgan fingerprint density at radius 2 is 2.43 bits per heavy atom. The molecule has 0 unspecified atom stereocenters. The molecular formula is C5H8ClZr-2. The third-order valence-corrected chi connectivity index (χ3v) is 1.68. The van der Waals surface area contributed by atoms with Gasteiger partial charge in [-0.3, -0.25) is 0 Å². The van der Waals surface area contributed by atoms with Gasteiger partial charge in [-0.2, -0.15) is 0 Å². The zero-order valence-corrected chi connectivity index (χ0v) is 7.12. The Hall–Kier alpha value is 0.653. The molecule has 0 aromatic rings. The monoisotopic (exact) mass is 193 g/mol. The summed E-state index contributed by atoms with van der Waals surface area (Å²) in [6.07, 6.45) is 7.69. The topological polar surface area (TPSA) is 0 Å². The van der Waals surface area contributed by atoms with Crippen LogP contribution in [0.2, 0.25) is 0 Å². The van der Waals surface area contributed by atoms with Gasteiger partial charge in [0, 0.05) is 0 Å². The molecule has 0 spiro atoms. The maximum atomic E-state index is 2.18. The van der Waals surface area contributed by atoms with Crippen LogP contribution in [-0.2, 0) is 24.7 Å². The third kappa shape index (κ3) is 2.46. The average molecular weight is 195 g/mol. The molecule has 0 fully saturated rings. The number of allylic oxidation sites excluding steroid dienone is 4. The summed E-state index contributed by atoms with van der Waals surface area (Å²) in [6.45, 7) is 0. The van der Waals surface area contributed by atoms with E-state index >= 15 is 0 Å². The van der Waals surface area contributed by atoms with Crippen LogP contribution < -0.4 is 0 Å². The van der Waals surface area contributed by atoms with Gasteiger partial charge in [0.15, 0.2) is 0 Å². The molecule has 0 aromatic carbocycles. The summed E-state index contributed by atoms with van der Waals surface area (Å²) < 4.78 is 1.56. The van der Waals surface area contributed by atoms with Gasteiger partial charge in [0.2, 0.25) is 0 Å². The first-order valence-electron chi connectivity index (χ1n) is 1.97. The molecule has 0 aromatic heterocycles. The van der Waals surface area contributed by atoms with Gasteiger partial charge in [-0.15, -0.1) is 12.4 Å². The average Bonchev–Trinajstić information content (AvgIpc) is 1.86. The van der Waals surface area contributed by atoms with Crippen LogP contribution in [0.3, 0.4) is 0 Å². The van der Waals surface area contributed by atoms with E-state index in [1.54, 1.807) is 28.0 Å². The molecule has 0 amide bonds. The van der Waals surface area contributed by atoms with Crippen LogP contribution in [0.15, 0.2) is 21.5 Å². The predicted molar refractivity (Wildman–Crippen MR) is 31.3 cm³/mol.